The molecule has 1 amide bonds. The summed E-state index contributed by atoms with van der Waals surface area (Å²) in [5.41, 5.74) is 2.20. The van der Waals surface area contributed by atoms with Crippen LogP contribution >= 0.6 is 11.8 Å². The summed E-state index contributed by atoms with van der Waals surface area (Å²) < 4.78 is 32.0. The van der Waals surface area contributed by atoms with Crippen LogP contribution in [-0.2, 0) is 14.9 Å². The van der Waals surface area contributed by atoms with Gasteiger partial charge in [-0.3, -0.25) is 9.35 Å². The molecule has 1 aromatic heterocycles. The van der Waals surface area contributed by atoms with Gasteiger partial charge in [0.05, 0.1) is 15.3 Å². The molecule has 0 atom stereocenters. The van der Waals surface area contributed by atoms with Crippen molar-refractivity contribution in [3.8, 4) is 5.88 Å². The third-order valence-corrected chi connectivity index (χ3v) is 6.29. The summed E-state index contributed by atoms with van der Waals surface area (Å²) in [6, 6.07) is 11.3. The summed E-state index contributed by atoms with van der Waals surface area (Å²) >= 11 is 1.03. The maximum atomic E-state index is 12.2. The fourth-order valence-electron chi connectivity index (χ4n) is 2.96. The predicted octanol–water partition coefficient (Wildman–Crippen LogP) is 3.94. The fourth-order valence-corrected chi connectivity index (χ4v) is 4.20. The molecule has 164 valence electrons. The number of aromatic hydroxyl groups is 1. The maximum Gasteiger partial charge on any atom is 0.294 e. The van der Waals surface area contributed by atoms with Crippen molar-refractivity contribution in [1.29, 1.82) is 0 Å². The van der Waals surface area contributed by atoms with Crippen LogP contribution in [0.25, 0.3) is 17.0 Å². The average Bonchev–Trinajstić information content (AvgIpc) is 3.23. The molecule has 0 radical (unpaired) electrons. The Bertz CT molecular complexity index is 1420. The van der Waals surface area contributed by atoms with Crippen LogP contribution in [0, 0.1) is 0 Å². The molecule has 0 saturated carbocycles. The molecule has 0 fully saturated rings. The van der Waals surface area contributed by atoms with Gasteiger partial charge in [0.25, 0.3) is 16.0 Å². The summed E-state index contributed by atoms with van der Waals surface area (Å²) in [4.78, 5) is 20.7. The Morgan fingerprint density at radius 1 is 1.12 bits per heavy atom. The van der Waals surface area contributed by atoms with E-state index in [2.05, 4.69) is 20.2 Å². The Labute approximate surface area is 187 Å². The lowest BCUT2D eigenvalue weighted by Gasteiger charge is -2.11. The van der Waals surface area contributed by atoms with Crippen LogP contribution in [-0.4, -0.2) is 48.2 Å². The van der Waals surface area contributed by atoms with E-state index in [0.717, 1.165) is 29.1 Å². The van der Waals surface area contributed by atoms with E-state index in [-0.39, 0.29) is 27.0 Å². The van der Waals surface area contributed by atoms with Crippen molar-refractivity contribution in [2.75, 3.05) is 19.0 Å². The Morgan fingerprint density at radius 3 is 2.50 bits per heavy atom. The molecule has 3 aromatic rings. The van der Waals surface area contributed by atoms with Gasteiger partial charge in [0, 0.05) is 25.2 Å². The Morgan fingerprint density at radius 2 is 1.84 bits per heavy atom. The third-order valence-electron chi connectivity index (χ3n) is 4.57. The number of nitrogens with one attached hydrogen (secondary N) is 1. The first-order valence-corrected chi connectivity index (χ1v) is 11.4. The van der Waals surface area contributed by atoms with Gasteiger partial charge >= 0.3 is 0 Å². The number of rotatable bonds is 4. The van der Waals surface area contributed by atoms with Crippen molar-refractivity contribution in [2.24, 2.45) is 15.2 Å². The van der Waals surface area contributed by atoms with Crippen LogP contribution in [0.3, 0.4) is 0 Å². The molecular formula is C20H17N5O5S2. The van der Waals surface area contributed by atoms with Gasteiger partial charge in [0.1, 0.15) is 0 Å². The van der Waals surface area contributed by atoms with Gasteiger partial charge in [-0.25, -0.2) is 0 Å². The number of amidine groups is 1. The topological polar surface area (TPSA) is 148 Å². The molecule has 2 aromatic carbocycles. The molecule has 32 heavy (non-hydrogen) atoms. The van der Waals surface area contributed by atoms with E-state index in [1.807, 2.05) is 43.3 Å². The van der Waals surface area contributed by atoms with Gasteiger partial charge in [-0.2, -0.15) is 13.4 Å². The zero-order chi connectivity index (χ0) is 23.0. The molecule has 1 aliphatic rings. The molecule has 0 saturated heterocycles. The van der Waals surface area contributed by atoms with E-state index >= 15 is 0 Å². The zero-order valence-corrected chi connectivity index (χ0v) is 18.5. The quantitative estimate of drug-likeness (QED) is 0.296. The van der Waals surface area contributed by atoms with Crippen molar-refractivity contribution >= 4 is 61.3 Å². The van der Waals surface area contributed by atoms with Crippen LogP contribution in [0.5, 0.6) is 5.88 Å². The second-order valence-corrected chi connectivity index (χ2v) is 9.43. The molecule has 1 aliphatic heterocycles. The molecule has 0 spiro atoms. The summed E-state index contributed by atoms with van der Waals surface area (Å²) in [5.74, 6) is -0.805. The number of aromatic amines is 1. The first-order valence-electron chi connectivity index (χ1n) is 9.16. The molecule has 4 rings (SSSR count). The standard InChI is InChI=1S/C20H17N5O5S2/c1-25(2)12-5-3-11(4-6-12)9-16-18(26)22-20(31-16)24-23-17-14-10-13(32(28,29)30)7-8-15(14)21-19(17)27/h3-10,21,27H,1-2H3,(H,28,29,30)/b16-9-,24-23?. The van der Waals surface area contributed by atoms with Crippen LogP contribution < -0.4 is 4.90 Å². The highest BCUT2D eigenvalue weighted by atomic mass is 32.2. The van der Waals surface area contributed by atoms with E-state index in [4.69, 9.17) is 0 Å². The number of amides is 1. The predicted molar refractivity (Wildman–Crippen MR) is 123 cm³/mol. The number of nitrogens with zero attached hydrogens (tertiary/aromatic N) is 4. The molecule has 0 unspecified atom stereocenters. The number of carbonyl (C=O) groups excluding carboxylic acids is 1. The second-order valence-electron chi connectivity index (χ2n) is 7.00. The highest BCUT2D eigenvalue weighted by molar-refractivity contribution is 8.18. The van der Waals surface area contributed by atoms with Crippen molar-refractivity contribution in [3.63, 3.8) is 0 Å². The molecule has 0 bridgehead atoms. The largest absolute Gasteiger partial charge is 0.493 e. The molecule has 2 heterocycles. The number of hydrogen-bond acceptors (Lipinski definition) is 8. The maximum absolute atomic E-state index is 12.2. The lowest BCUT2D eigenvalue weighted by molar-refractivity contribution is -0.113. The number of benzene rings is 2. The number of carbonyl (C=O) groups is 1. The number of thioether (sulfide) groups is 1. The van der Waals surface area contributed by atoms with E-state index in [0.29, 0.717) is 10.4 Å². The lowest BCUT2D eigenvalue weighted by atomic mass is 10.2. The number of aromatic nitrogens is 1. The summed E-state index contributed by atoms with van der Waals surface area (Å²) in [5, 5.41) is 18.3. The fraction of sp³-hybridized carbons (Fsp3) is 0.100. The summed E-state index contributed by atoms with van der Waals surface area (Å²) in [6.45, 7) is 0. The Kier molecular flexibility index (Phi) is 5.59. The molecule has 0 aliphatic carbocycles. The number of H-pyrrole nitrogens is 1. The van der Waals surface area contributed by atoms with E-state index in [1.165, 1.54) is 12.1 Å². The minimum Gasteiger partial charge on any atom is -0.493 e. The highest BCUT2D eigenvalue weighted by Gasteiger charge is 2.22. The van der Waals surface area contributed by atoms with Crippen LogP contribution in [0.15, 0.2) is 67.5 Å². The van der Waals surface area contributed by atoms with Crippen molar-refractivity contribution in [3.05, 3.63) is 52.9 Å². The van der Waals surface area contributed by atoms with Gasteiger partial charge in [-0.1, -0.05) is 12.1 Å². The second kappa shape index (κ2) is 8.22. The number of fused-ring (bicyclic) bond motifs is 1. The van der Waals surface area contributed by atoms with Crippen molar-refractivity contribution in [1.82, 2.24) is 4.98 Å². The molecule has 12 heteroatoms. The smallest absolute Gasteiger partial charge is 0.294 e. The molecule has 3 N–H and O–H groups in total. The first-order chi connectivity index (χ1) is 15.1. The van der Waals surface area contributed by atoms with E-state index in [1.54, 1.807) is 6.08 Å². The normalized spacial score (nSPS) is 15.8. The van der Waals surface area contributed by atoms with Gasteiger partial charge < -0.3 is 15.0 Å². The third kappa shape index (κ3) is 4.42. The van der Waals surface area contributed by atoms with E-state index in [9.17, 15) is 22.9 Å². The van der Waals surface area contributed by atoms with E-state index < -0.39 is 16.0 Å². The van der Waals surface area contributed by atoms with Crippen LogP contribution in [0.1, 0.15) is 5.56 Å². The average molecular weight is 472 g/mol. The minimum absolute atomic E-state index is 0.0436. The Balaban J connectivity index is 1.58. The Hall–Kier alpha value is -3.48. The SMILES string of the molecule is CN(C)c1ccc(/C=C2\SC(N=Nc3c(O)[nH]c4ccc(S(=O)(=O)O)cc34)=NC2=O)cc1. The van der Waals surface area contributed by atoms with Gasteiger partial charge in [0.2, 0.25) is 11.0 Å². The van der Waals surface area contributed by atoms with Gasteiger partial charge in [-0.15, -0.1) is 10.2 Å². The minimum atomic E-state index is -4.43. The highest BCUT2D eigenvalue weighted by Crippen LogP contribution is 2.38. The van der Waals surface area contributed by atoms with Gasteiger partial charge in [-0.05, 0) is 53.7 Å². The number of hydrogen-bond donors (Lipinski definition) is 3. The number of azo groups is 1. The molecule has 10 nitrogen and oxygen atoms in total. The summed E-state index contributed by atoms with van der Waals surface area (Å²) in [7, 11) is -0.566. The molecular weight excluding hydrogens is 454 g/mol. The number of aliphatic imine (C=N–C) groups is 1. The lowest BCUT2D eigenvalue weighted by Crippen LogP contribution is -2.07. The summed E-state index contributed by atoms with van der Waals surface area (Å²) in [6.07, 6.45) is 1.69. The zero-order valence-electron chi connectivity index (χ0n) is 16.8. The van der Waals surface area contributed by atoms with Crippen molar-refractivity contribution < 1.29 is 22.9 Å². The monoisotopic (exact) mass is 471 g/mol. The van der Waals surface area contributed by atoms with Gasteiger partial charge in [0.15, 0.2) is 5.69 Å². The van der Waals surface area contributed by atoms with Crippen LogP contribution in [0.2, 0.25) is 0 Å². The van der Waals surface area contributed by atoms with Crippen molar-refractivity contribution in [2.45, 2.75) is 4.90 Å². The van der Waals surface area contributed by atoms with Crippen LogP contribution in [0.4, 0.5) is 11.4 Å². The number of anilines is 1. The first kappa shape index (κ1) is 21.7.